The normalized spacial score (nSPS) is 9.29. The van der Waals surface area contributed by atoms with Gasteiger partial charge in [0.25, 0.3) is 5.91 Å². The zero-order valence-corrected chi connectivity index (χ0v) is 4.22. The van der Waals surface area contributed by atoms with E-state index in [9.17, 15) is 4.79 Å². The largest absolute Gasteiger partial charge is 0.268 e. The Kier molecular flexibility index (Phi) is 2.85. The molecule has 2 nitrogen and oxygen atoms in total. The molecule has 0 aliphatic heterocycles. The molecule has 38 valence electrons. The number of nitrogens with zero attached hydrogens (tertiary/aromatic N) is 1. The monoisotopic (exact) mass is 97.1 g/mol. The number of carbonyl (C=O) groups excluding carboxylic acids is 1. The van der Waals surface area contributed by atoms with Crippen LogP contribution in [0, 0.1) is 0 Å². The Morgan fingerprint density at radius 3 is 2.57 bits per heavy atom. The predicted molar refractivity (Wildman–Crippen MR) is 29.4 cm³/mol. The van der Waals surface area contributed by atoms with Gasteiger partial charge in [-0.3, -0.25) is 4.79 Å². The molecule has 2 heteroatoms. The van der Waals surface area contributed by atoms with Gasteiger partial charge in [0.1, 0.15) is 0 Å². The van der Waals surface area contributed by atoms with Crippen LogP contribution in [-0.2, 0) is 4.79 Å². The lowest BCUT2D eigenvalue weighted by molar-refractivity contribution is -0.113. The molecule has 0 aliphatic carbocycles. The fraction of sp³-hybridized carbons (Fsp3) is 0.200. The van der Waals surface area contributed by atoms with Gasteiger partial charge in [0.15, 0.2) is 0 Å². The molecular weight excluding hydrogens is 90.1 g/mol. The lowest BCUT2D eigenvalue weighted by atomic mass is 10.5. The Hall–Kier alpha value is -0.920. The zero-order valence-electron chi connectivity index (χ0n) is 4.22. The van der Waals surface area contributed by atoms with Gasteiger partial charge in [-0.25, -0.2) is 4.99 Å². The first-order valence-corrected chi connectivity index (χ1v) is 1.94. The van der Waals surface area contributed by atoms with Gasteiger partial charge >= 0.3 is 0 Å². The van der Waals surface area contributed by atoms with Crippen LogP contribution in [0.1, 0.15) is 6.92 Å². The molecule has 1 amide bonds. The van der Waals surface area contributed by atoms with Crippen LogP contribution >= 0.6 is 0 Å². The molecule has 0 fully saturated rings. The van der Waals surface area contributed by atoms with Crippen LogP contribution in [0.4, 0.5) is 0 Å². The summed E-state index contributed by atoms with van der Waals surface area (Å²) < 4.78 is 0. The van der Waals surface area contributed by atoms with E-state index in [2.05, 4.69) is 11.7 Å². The molecule has 0 N–H and O–H groups in total. The number of carbonyl (C=O) groups is 1. The highest BCUT2D eigenvalue weighted by molar-refractivity contribution is 5.90. The Morgan fingerprint density at radius 2 is 2.43 bits per heavy atom. The maximum absolute atomic E-state index is 10.1. The number of hydrogen-bond donors (Lipinski definition) is 0. The lowest BCUT2D eigenvalue weighted by Crippen LogP contribution is -1.80. The van der Waals surface area contributed by atoms with Gasteiger partial charge in [-0.1, -0.05) is 6.08 Å². The van der Waals surface area contributed by atoms with E-state index in [1.807, 2.05) is 0 Å². The van der Waals surface area contributed by atoms with Gasteiger partial charge in [0, 0.05) is 6.08 Å². The molecule has 0 radical (unpaired) electrons. The summed E-state index contributed by atoms with van der Waals surface area (Å²) in [6.07, 6.45) is 2.98. The summed E-state index contributed by atoms with van der Waals surface area (Å²) in [5.41, 5.74) is 0. The van der Waals surface area contributed by atoms with Crippen molar-refractivity contribution in [3.05, 3.63) is 12.2 Å². The fourth-order valence-corrected chi connectivity index (χ4v) is 0.195. The van der Waals surface area contributed by atoms with Gasteiger partial charge in [0.05, 0.1) is 0 Å². The van der Waals surface area contributed by atoms with Crippen molar-refractivity contribution >= 4 is 12.6 Å². The number of rotatable bonds is 1. The first kappa shape index (κ1) is 6.08. The molecule has 0 saturated heterocycles. The van der Waals surface area contributed by atoms with E-state index in [0.29, 0.717) is 0 Å². The first-order valence-electron chi connectivity index (χ1n) is 1.94. The van der Waals surface area contributed by atoms with E-state index in [0.717, 1.165) is 0 Å². The topological polar surface area (TPSA) is 29.4 Å². The molecule has 7 heavy (non-hydrogen) atoms. The summed E-state index contributed by atoms with van der Waals surface area (Å²) in [7, 11) is 0. The first-order chi connectivity index (χ1) is 3.31. The van der Waals surface area contributed by atoms with Crippen LogP contribution < -0.4 is 0 Å². The molecule has 0 spiro atoms. The Bertz CT molecular complexity index is 105. The van der Waals surface area contributed by atoms with Crippen LogP contribution in [-0.4, -0.2) is 12.6 Å². The summed E-state index contributed by atoms with van der Waals surface area (Å²) in [5, 5.41) is 0. The van der Waals surface area contributed by atoms with Crippen LogP contribution in [0.25, 0.3) is 0 Å². The van der Waals surface area contributed by atoms with Crippen molar-refractivity contribution in [3.63, 3.8) is 0 Å². The molecule has 0 rings (SSSR count). The van der Waals surface area contributed by atoms with Crippen LogP contribution in [0.2, 0.25) is 0 Å². The zero-order chi connectivity index (χ0) is 5.70. The summed E-state index contributed by atoms with van der Waals surface area (Å²) in [6, 6.07) is 0. The summed E-state index contributed by atoms with van der Waals surface area (Å²) in [5.74, 6) is -0.289. The molecule has 0 aromatic carbocycles. The highest BCUT2D eigenvalue weighted by Crippen LogP contribution is 1.73. The quantitative estimate of drug-likeness (QED) is 0.351. The molecule has 0 aromatic rings. The minimum absolute atomic E-state index is 0.289. The van der Waals surface area contributed by atoms with E-state index in [-0.39, 0.29) is 5.91 Å². The third-order valence-electron chi connectivity index (χ3n) is 0.465. The van der Waals surface area contributed by atoms with Crippen molar-refractivity contribution in [3.8, 4) is 0 Å². The molecule has 0 bridgehead atoms. The van der Waals surface area contributed by atoms with E-state index in [1.54, 1.807) is 13.0 Å². The second kappa shape index (κ2) is 3.28. The van der Waals surface area contributed by atoms with Crippen molar-refractivity contribution in [1.29, 1.82) is 0 Å². The maximum atomic E-state index is 10.1. The lowest BCUT2D eigenvalue weighted by Gasteiger charge is -1.72. The number of amides is 1. The molecule has 0 aliphatic rings. The van der Waals surface area contributed by atoms with Crippen molar-refractivity contribution < 1.29 is 4.79 Å². The highest BCUT2D eigenvalue weighted by Gasteiger charge is 1.79. The Labute approximate surface area is 42.6 Å². The van der Waals surface area contributed by atoms with E-state index < -0.39 is 0 Å². The summed E-state index contributed by atoms with van der Waals surface area (Å²) in [4.78, 5) is 13.2. The van der Waals surface area contributed by atoms with Gasteiger partial charge in [-0.05, 0) is 13.6 Å². The number of allylic oxidation sites excluding steroid dienone is 1. The minimum Gasteiger partial charge on any atom is -0.268 e. The van der Waals surface area contributed by atoms with Gasteiger partial charge in [-0.2, -0.15) is 0 Å². The average Bonchev–Trinajstić information content (AvgIpc) is 1.68. The van der Waals surface area contributed by atoms with Crippen LogP contribution in [0.15, 0.2) is 17.1 Å². The Morgan fingerprint density at radius 1 is 1.86 bits per heavy atom. The second-order valence-corrected chi connectivity index (χ2v) is 0.996. The van der Waals surface area contributed by atoms with E-state index >= 15 is 0 Å². The summed E-state index contributed by atoms with van der Waals surface area (Å²) >= 11 is 0. The van der Waals surface area contributed by atoms with Crippen molar-refractivity contribution in [2.75, 3.05) is 0 Å². The standard InChI is InChI=1S/C5H7NO/c1-3-4-5(7)6-2/h3-4H,2H2,1H3/b4-3+. The van der Waals surface area contributed by atoms with E-state index in [1.165, 1.54) is 6.08 Å². The molecule has 0 unspecified atom stereocenters. The van der Waals surface area contributed by atoms with Crippen LogP contribution in [0.5, 0.6) is 0 Å². The third-order valence-corrected chi connectivity index (χ3v) is 0.465. The predicted octanol–water partition coefficient (Wildman–Crippen LogP) is 0.790. The van der Waals surface area contributed by atoms with Gasteiger partial charge in [-0.15, -0.1) is 0 Å². The Balaban J connectivity index is 3.58. The molecule has 0 heterocycles. The molecule has 0 atom stereocenters. The molecule has 0 saturated carbocycles. The van der Waals surface area contributed by atoms with Crippen LogP contribution in [0.3, 0.4) is 0 Å². The van der Waals surface area contributed by atoms with Crippen molar-refractivity contribution in [1.82, 2.24) is 0 Å². The second-order valence-electron chi connectivity index (χ2n) is 0.996. The minimum atomic E-state index is -0.289. The number of hydrogen-bond acceptors (Lipinski definition) is 1. The molecular formula is C5H7NO. The van der Waals surface area contributed by atoms with Gasteiger partial charge < -0.3 is 0 Å². The third kappa shape index (κ3) is 2.89. The SMILES string of the molecule is C=NC(=O)/C=C/C. The maximum Gasteiger partial charge on any atom is 0.268 e. The molecule has 0 aromatic heterocycles. The smallest absolute Gasteiger partial charge is 0.268 e. The highest BCUT2D eigenvalue weighted by atomic mass is 16.1. The number of aliphatic imine (C=N–C) groups is 1. The van der Waals surface area contributed by atoms with Gasteiger partial charge in [0.2, 0.25) is 0 Å². The summed E-state index contributed by atoms with van der Waals surface area (Å²) in [6.45, 7) is 4.78. The van der Waals surface area contributed by atoms with E-state index in [4.69, 9.17) is 0 Å². The fourth-order valence-electron chi connectivity index (χ4n) is 0.195. The average molecular weight is 97.1 g/mol. The van der Waals surface area contributed by atoms with Crippen molar-refractivity contribution in [2.45, 2.75) is 6.92 Å². The van der Waals surface area contributed by atoms with Crippen molar-refractivity contribution in [2.24, 2.45) is 4.99 Å².